The van der Waals surface area contributed by atoms with Gasteiger partial charge in [0.2, 0.25) is 11.4 Å². The summed E-state index contributed by atoms with van der Waals surface area (Å²) in [5, 5.41) is 1.35. The van der Waals surface area contributed by atoms with Crippen molar-refractivity contribution >= 4 is 45.0 Å². The lowest BCUT2D eigenvalue weighted by atomic mass is 10.1. The maximum absolute atomic E-state index is 6.34. The molecule has 3 nitrogen and oxygen atoms in total. The maximum atomic E-state index is 6.34. The van der Waals surface area contributed by atoms with Gasteiger partial charge < -0.3 is 9.64 Å². The summed E-state index contributed by atoms with van der Waals surface area (Å²) in [5.41, 5.74) is 7.37. The number of hydrogen-bond donors (Lipinski definition) is 0. The first kappa shape index (κ1) is 19.8. The van der Waals surface area contributed by atoms with Gasteiger partial charge in [-0.2, -0.15) is 4.57 Å². The Labute approximate surface area is 187 Å². The van der Waals surface area contributed by atoms with Crippen LogP contribution in [0, 0.1) is 0 Å². The number of benzene rings is 2. The lowest BCUT2D eigenvalue weighted by Crippen LogP contribution is -2.34. The van der Waals surface area contributed by atoms with Crippen LogP contribution in [-0.2, 0) is 6.54 Å². The van der Waals surface area contributed by atoms with E-state index in [9.17, 15) is 0 Å². The maximum Gasteiger partial charge on any atom is 0.265 e. The van der Waals surface area contributed by atoms with Gasteiger partial charge in [-0.25, -0.2) is 0 Å². The Morgan fingerprint density at radius 1 is 1.06 bits per heavy atom. The fraction of sp³-hybridized carbons (Fsp3) is 0.222. The van der Waals surface area contributed by atoms with Gasteiger partial charge in [0.15, 0.2) is 5.75 Å². The highest BCUT2D eigenvalue weighted by molar-refractivity contribution is 7.19. The van der Waals surface area contributed by atoms with Gasteiger partial charge in [-0.05, 0) is 62.1 Å². The summed E-state index contributed by atoms with van der Waals surface area (Å²) in [4.78, 5) is 2.28. The third-order valence-electron chi connectivity index (χ3n) is 6.12. The molecule has 0 amide bonds. The number of nitrogens with zero attached hydrogens (tertiary/aromatic N) is 2. The summed E-state index contributed by atoms with van der Waals surface area (Å²) in [6, 6.07) is 12.9. The van der Waals surface area contributed by atoms with Crippen molar-refractivity contribution in [2.24, 2.45) is 0 Å². The summed E-state index contributed by atoms with van der Waals surface area (Å²) < 4.78 is 10.1. The highest BCUT2D eigenvalue weighted by atomic mass is 32.1. The Kier molecular flexibility index (Phi) is 5.03. The number of aromatic nitrogens is 1. The summed E-state index contributed by atoms with van der Waals surface area (Å²) in [6.07, 6.45) is 8.19. The predicted molar refractivity (Wildman–Crippen MR) is 132 cm³/mol. The molecule has 0 unspecified atom stereocenters. The van der Waals surface area contributed by atoms with Crippen LogP contribution in [-0.4, -0.2) is 6.54 Å². The molecule has 0 radical (unpaired) electrons. The molecule has 31 heavy (non-hydrogen) atoms. The van der Waals surface area contributed by atoms with E-state index in [1.54, 1.807) is 0 Å². The van der Waals surface area contributed by atoms with E-state index in [4.69, 9.17) is 4.74 Å². The first-order valence-corrected chi connectivity index (χ1v) is 11.7. The van der Waals surface area contributed by atoms with E-state index >= 15 is 0 Å². The smallest absolute Gasteiger partial charge is 0.265 e. The first-order chi connectivity index (χ1) is 15.2. The Bertz CT molecular complexity index is 1280. The highest BCUT2D eigenvalue weighted by Gasteiger charge is 2.32. The molecular weight excluding hydrogens is 400 g/mol. The minimum atomic E-state index is 0.873. The van der Waals surface area contributed by atoms with Gasteiger partial charge >= 0.3 is 0 Å². The molecule has 0 atom stereocenters. The number of thiazole rings is 1. The Hall–Kier alpha value is -3.11. The van der Waals surface area contributed by atoms with E-state index in [-0.39, 0.29) is 0 Å². The number of allylic oxidation sites excluding steroid dienone is 3. The van der Waals surface area contributed by atoms with E-state index in [0.717, 1.165) is 54.4 Å². The molecular formula is C27H27N2OS+. The van der Waals surface area contributed by atoms with Crippen molar-refractivity contribution in [3.8, 4) is 5.75 Å². The van der Waals surface area contributed by atoms with Crippen molar-refractivity contribution in [2.45, 2.75) is 33.2 Å². The molecule has 156 valence electrons. The SMILES string of the molecule is C=Cc1ccc2c(c1)N(CC)/C(=C1\C=C(c3sc4ccc(C=C)cc4[n+]3CC)CC1)O2. The fourth-order valence-corrected chi connectivity index (χ4v) is 5.77. The molecule has 0 N–H and O–H groups in total. The van der Waals surface area contributed by atoms with Crippen molar-refractivity contribution < 1.29 is 9.30 Å². The summed E-state index contributed by atoms with van der Waals surface area (Å²) in [7, 11) is 0. The van der Waals surface area contributed by atoms with E-state index in [1.807, 2.05) is 23.5 Å². The Balaban J connectivity index is 1.57. The van der Waals surface area contributed by atoms with Crippen molar-refractivity contribution in [1.82, 2.24) is 0 Å². The lowest BCUT2D eigenvalue weighted by molar-refractivity contribution is -0.665. The normalized spacial score (nSPS) is 17.6. The standard InChI is InChI=1S/C27H27N2OS/c1-5-18-9-13-24-22(15-18)28(7-3)26(30-24)20-11-12-21(17-20)27-29(8-4)23-16-19(6-2)10-14-25(23)31-27/h5-6,9-10,13-17H,1-2,7-8,11-12H2,3-4H3/q+1. The second kappa shape index (κ2) is 7.86. The molecule has 2 heterocycles. The molecule has 5 rings (SSSR count). The van der Waals surface area contributed by atoms with Gasteiger partial charge in [0.05, 0.1) is 5.69 Å². The molecule has 1 aliphatic heterocycles. The zero-order valence-electron chi connectivity index (χ0n) is 18.1. The summed E-state index contributed by atoms with van der Waals surface area (Å²) in [5.74, 6) is 1.91. The molecule has 0 saturated carbocycles. The summed E-state index contributed by atoms with van der Waals surface area (Å²) in [6.45, 7) is 14.1. The van der Waals surface area contributed by atoms with Crippen LogP contribution in [0.25, 0.3) is 27.9 Å². The van der Waals surface area contributed by atoms with Gasteiger partial charge in [0, 0.05) is 23.8 Å². The van der Waals surface area contributed by atoms with Crippen LogP contribution < -0.4 is 14.2 Å². The first-order valence-electron chi connectivity index (χ1n) is 10.9. The van der Waals surface area contributed by atoms with Crippen molar-refractivity contribution in [3.05, 3.63) is 83.2 Å². The fourth-order valence-electron chi connectivity index (χ4n) is 4.52. The molecule has 4 heteroatoms. The van der Waals surface area contributed by atoms with Gasteiger partial charge in [-0.3, -0.25) is 0 Å². The van der Waals surface area contributed by atoms with E-state index in [1.165, 1.54) is 26.4 Å². The predicted octanol–water partition coefficient (Wildman–Crippen LogP) is 6.80. The van der Waals surface area contributed by atoms with Crippen LogP contribution in [0.5, 0.6) is 5.75 Å². The molecule has 2 aliphatic rings. The highest BCUT2D eigenvalue weighted by Crippen LogP contribution is 2.44. The lowest BCUT2D eigenvalue weighted by Gasteiger charge is -2.17. The summed E-state index contributed by atoms with van der Waals surface area (Å²) >= 11 is 1.88. The molecule has 0 fully saturated rings. The molecule has 0 saturated heterocycles. The number of anilines is 1. The van der Waals surface area contributed by atoms with Crippen LogP contribution in [0.4, 0.5) is 5.69 Å². The molecule has 0 spiro atoms. The van der Waals surface area contributed by atoms with Gasteiger partial charge in [0.25, 0.3) is 5.01 Å². The van der Waals surface area contributed by atoms with Crippen LogP contribution >= 0.6 is 11.3 Å². The molecule has 1 aromatic heterocycles. The third kappa shape index (κ3) is 3.22. The molecule has 1 aliphatic carbocycles. The minimum absolute atomic E-state index is 0.873. The Morgan fingerprint density at radius 2 is 1.84 bits per heavy atom. The van der Waals surface area contributed by atoms with Gasteiger partial charge in [-0.15, -0.1) is 0 Å². The van der Waals surface area contributed by atoms with Gasteiger partial charge in [0.1, 0.15) is 11.2 Å². The van der Waals surface area contributed by atoms with Crippen molar-refractivity contribution in [2.75, 3.05) is 11.4 Å². The minimum Gasteiger partial charge on any atom is -0.438 e. The number of rotatable bonds is 5. The van der Waals surface area contributed by atoms with E-state index < -0.39 is 0 Å². The number of ether oxygens (including phenoxy) is 1. The Morgan fingerprint density at radius 3 is 2.58 bits per heavy atom. The van der Waals surface area contributed by atoms with Crippen molar-refractivity contribution in [1.29, 1.82) is 0 Å². The topological polar surface area (TPSA) is 16.4 Å². The van der Waals surface area contributed by atoms with Crippen LogP contribution in [0.1, 0.15) is 42.8 Å². The van der Waals surface area contributed by atoms with Gasteiger partial charge in [-0.1, -0.05) is 48.8 Å². The monoisotopic (exact) mass is 427 g/mol. The van der Waals surface area contributed by atoms with Crippen LogP contribution in [0.2, 0.25) is 0 Å². The average molecular weight is 428 g/mol. The third-order valence-corrected chi connectivity index (χ3v) is 7.36. The second-order valence-electron chi connectivity index (χ2n) is 7.86. The average Bonchev–Trinajstić information content (AvgIpc) is 3.51. The molecule has 0 bridgehead atoms. The van der Waals surface area contributed by atoms with Crippen LogP contribution in [0.15, 0.2) is 67.1 Å². The number of hydrogen-bond acceptors (Lipinski definition) is 3. The van der Waals surface area contributed by atoms with Crippen molar-refractivity contribution in [3.63, 3.8) is 0 Å². The van der Waals surface area contributed by atoms with E-state index in [2.05, 4.69) is 78.9 Å². The number of fused-ring (bicyclic) bond motifs is 2. The largest absolute Gasteiger partial charge is 0.438 e. The van der Waals surface area contributed by atoms with Crippen LogP contribution in [0.3, 0.4) is 0 Å². The zero-order valence-corrected chi connectivity index (χ0v) is 19.0. The molecule has 3 aromatic rings. The van der Waals surface area contributed by atoms with E-state index in [0.29, 0.717) is 0 Å². The zero-order chi connectivity index (χ0) is 21.5. The quantitative estimate of drug-likeness (QED) is 0.416. The second-order valence-corrected chi connectivity index (χ2v) is 8.89. The number of aryl methyl sites for hydroxylation is 1. The molecule has 2 aromatic carbocycles.